The van der Waals surface area contributed by atoms with Gasteiger partial charge < -0.3 is 0 Å². The van der Waals surface area contributed by atoms with Crippen molar-refractivity contribution in [2.45, 2.75) is 0 Å². The third kappa shape index (κ3) is 2.29. The van der Waals surface area contributed by atoms with E-state index in [0.29, 0.717) is 0 Å². The topological polar surface area (TPSA) is 0 Å². The summed E-state index contributed by atoms with van der Waals surface area (Å²) in [7, 11) is 0. The fraction of sp³-hybridized carbons (Fsp3) is 0. The normalized spacial score (nSPS) is 10.7. The molecule has 0 amide bonds. The van der Waals surface area contributed by atoms with Gasteiger partial charge in [0.2, 0.25) is 0 Å². The number of hydrogen-bond acceptors (Lipinski definition) is 0. The zero-order valence-corrected chi connectivity index (χ0v) is 12.2. The first-order chi connectivity index (χ1) is 10.9. The largest absolute Gasteiger partial charge is 0.0622 e. The van der Waals surface area contributed by atoms with Crippen LogP contribution < -0.4 is 0 Å². The van der Waals surface area contributed by atoms with Gasteiger partial charge in [0.1, 0.15) is 0 Å². The molecule has 0 spiro atoms. The van der Waals surface area contributed by atoms with Gasteiger partial charge in [-0.2, -0.15) is 0 Å². The van der Waals surface area contributed by atoms with E-state index >= 15 is 0 Å². The Morgan fingerprint density at radius 3 is 1.95 bits per heavy atom. The number of benzene rings is 4. The Kier molecular flexibility index (Phi) is 3.21. The number of hydrogen-bond donors (Lipinski definition) is 0. The minimum atomic E-state index is 1.25. The van der Waals surface area contributed by atoms with E-state index in [-0.39, 0.29) is 0 Å². The highest BCUT2D eigenvalue weighted by Gasteiger charge is 2.05. The van der Waals surface area contributed by atoms with Crippen LogP contribution in [0.5, 0.6) is 0 Å². The summed E-state index contributed by atoms with van der Waals surface area (Å²) in [5.41, 5.74) is 5.06. The molecule has 0 bridgehead atoms. The fourth-order valence-corrected chi connectivity index (χ4v) is 2.97. The molecular weight excluding hydrogens is 264 g/mol. The van der Waals surface area contributed by atoms with Gasteiger partial charge in [-0.1, -0.05) is 91.0 Å². The molecule has 4 aromatic carbocycles. The highest BCUT2D eigenvalue weighted by atomic mass is 14.1. The standard InChI is InChI=1S/C22H16/c1-2-8-17(9-3-1)19-12-6-13-20(16-19)22-15-7-11-18-10-4-5-14-21(18)22/h1-16H. The second-order valence-corrected chi connectivity index (χ2v) is 5.47. The third-order valence-electron chi connectivity index (χ3n) is 4.07. The van der Waals surface area contributed by atoms with Gasteiger partial charge in [-0.05, 0) is 39.1 Å². The zero-order valence-electron chi connectivity index (χ0n) is 12.2. The van der Waals surface area contributed by atoms with Gasteiger partial charge >= 0.3 is 0 Å². The van der Waals surface area contributed by atoms with Crippen LogP contribution in [0.4, 0.5) is 0 Å². The maximum absolute atomic E-state index is 2.27. The molecule has 0 atom stereocenters. The van der Waals surface area contributed by atoms with Crippen molar-refractivity contribution >= 4 is 10.8 Å². The van der Waals surface area contributed by atoms with Gasteiger partial charge in [0, 0.05) is 0 Å². The van der Waals surface area contributed by atoms with E-state index in [0.717, 1.165) is 0 Å². The molecule has 0 N–H and O–H groups in total. The van der Waals surface area contributed by atoms with E-state index in [1.54, 1.807) is 0 Å². The van der Waals surface area contributed by atoms with E-state index in [2.05, 4.69) is 97.1 Å². The van der Waals surface area contributed by atoms with Crippen molar-refractivity contribution < 1.29 is 0 Å². The Balaban J connectivity index is 1.89. The highest BCUT2D eigenvalue weighted by Crippen LogP contribution is 2.31. The summed E-state index contributed by atoms with van der Waals surface area (Å²) in [6.07, 6.45) is 0. The summed E-state index contributed by atoms with van der Waals surface area (Å²) in [4.78, 5) is 0. The predicted molar refractivity (Wildman–Crippen MR) is 94.8 cm³/mol. The monoisotopic (exact) mass is 280 g/mol. The Bertz CT molecular complexity index is 915. The molecule has 0 aromatic heterocycles. The Labute approximate surface area is 130 Å². The second-order valence-electron chi connectivity index (χ2n) is 5.47. The van der Waals surface area contributed by atoms with Gasteiger partial charge in [-0.25, -0.2) is 0 Å². The molecule has 0 aliphatic heterocycles. The molecule has 0 aliphatic rings. The first-order valence-corrected chi connectivity index (χ1v) is 7.55. The molecule has 4 aromatic rings. The Morgan fingerprint density at radius 1 is 0.409 bits per heavy atom. The number of fused-ring (bicyclic) bond motifs is 1. The maximum Gasteiger partial charge on any atom is -0.0105 e. The van der Waals surface area contributed by atoms with Crippen LogP contribution in [0.25, 0.3) is 33.0 Å². The summed E-state index contributed by atoms with van der Waals surface area (Å²) in [6, 6.07) is 34.4. The lowest BCUT2D eigenvalue weighted by molar-refractivity contribution is 1.60. The molecule has 22 heavy (non-hydrogen) atoms. The van der Waals surface area contributed by atoms with Crippen molar-refractivity contribution in [3.05, 3.63) is 97.1 Å². The van der Waals surface area contributed by atoms with Crippen LogP contribution >= 0.6 is 0 Å². The average molecular weight is 280 g/mol. The molecule has 0 saturated heterocycles. The van der Waals surface area contributed by atoms with Gasteiger partial charge in [-0.3, -0.25) is 0 Å². The van der Waals surface area contributed by atoms with Crippen molar-refractivity contribution in [2.24, 2.45) is 0 Å². The molecular formula is C22H16. The van der Waals surface area contributed by atoms with Crippen LogP contribution in [0.1, 0.15) is 0 Å². The van der Waals surface area contributed by atoms with E-state index in [9.17, 15) is 0 Å². The van der Waals surface area contributed by atoms with Crippen molar-refractivity contribution in [2.75, 3.05) is 0 Å². The summed E-state index contributed by atoms with van der Waals surface area (Å²) in [5.74, 6) is 0. The maximum atomic E-state index is 2.27. The SMILES string of the molecule is c1ccc(-c2cccc(-c3cccc4ccccc34)c2)cc1. The van der Waals surface area contributed by atoms with Crippen LogP contribution in [0.15, 0.2) is 97.1 Å². The Morgan fingerprint density at radius 2 is 1.05 bits per heavy atom. The molecule has 0 aliphatic carbocycles. The molecule has 0 heteroatoms. The lowest BCUT2D eigenvalue weighted by Crippen LogP contribution is -1.83. The van der Waals surface area contributed by atoms with Crippen molar-refractivity contribution in [3.63, 3.8) is 0 Å². The predicted octanol–water partition coefficient (Wildman–Crippen LogP) is 6.17. The molecule has 104 valence electrons. The van der Waals surface area contributed by atoms with Crippen molar-refractivity contribution in [1.29, 1.82) is 0 Å². The van der Waals surface area contributed by atoms with Crippen LogP contribution in [0.2, 0.25) is 0 Å². The summed E-state index contributed by atoms with van der Waals surface area (Å²) >= 11 is 0. The summed E-state index contributed by atoms with van der Waals surface area (Å²) < 4.78 is 0. The lowest BCUT2D eigenvalue weighted by atomic mass is 9.95. The lowest BCUT2D eigenvalue weighted by Gasteiger charge is -2.09. The highest BCUT2D eigenvalue weighted by molar-refractivity contribution is 5.97. The van der Waals surface area contributed by atoms with Gasteiger partial charge in [0.25, 0.3) is 0 Å². The van der Waals surface area contributed by atoms with E-state index in [1.807, 2.05) is 0 Å². The fourth-order valence-electron chi connectivity index (χ4n) is 2.97. The average Bonchev–Trinajstić information content (AvgIpc) is 2.62. The zero-order chi connectivity index (χ0) is 14.8. The van der Waals surface area contributed by atoms with Crippen LogP contribution in [0.3, 0.4) is 0 Å². The van der Waals surface area contributed by atoms with Crippen molar-refractivity contribution in [1.82, 2.24) is 0 Å². The smallest absolute Gasteiger partial charge is 0.0105 e. The molecule has 0 nitrogen and oxygen atoms in total. The third-order valence-corrected chi connectivity index (χ3v) is 4.07. The quantitative estimate of drug-likeness (QED) is 0.411. The van der Waals surface area contributed by atoms with Crippen LogP contribution in [-0.4, -0.2) is 0 Å². The van der Waals surface area contributed by atoms with E-state index in [4.69, 9.17) is 0 Å². The molecule has 0 saturated carbocycles. The molecule has 0 heterocycles. The Hall–Kier alpha value is -2.86. The molecule has 0 unspecified atom stereocenters. The van der Waals surface area contributed by atoms with E-state index in [1.165, 1.54) is 33.0 Å². The van der Waals surface area contributed by atoms with Gasteiger partial charge in [0.05, 0.1) is 0 Å². The van der Waals surface area contributed by atoms with E-state index < -0.39 is 0 Å². The number of rotatable bonds is 2. The minimum absolute atomic E-state index is 1.25. The first kappa shape index (κ1) is 12.8. The summed E-state index contributed by atoms with van der Waals surface area (Å²) in [6.45, 7) is 0. The molecule has 4 rings (SSSR count). The van der Waals surface area contributed by atoms with Crippen LogP contribution in [-0.2, 0) is 0 Å². The van der Waals surface area contributed by atoms with Gasteiger partial charge in [0.15, 0.2) is 0 Å². The molecule has 0 radical (unpaired) electrons. The second kappa shape index (κ2) is 5.50. The van der Waals surface area contributed by atoms with Crippen LogP contribution in [0, 0.1) is 0 Å². The van der Waals surface area contributed by atoms with Crippen molar-refractivity contribution in [3.8, 4) is 22.3 Å². The van der Waals surface area contributed by atoms with Gasteiger partial charge in [-0.15, -0.1) is 0 Å². The first-order valence-electron chi connectivity index (χ1n) is 7.55. The minimum Gasteiger partial charge on any atom is -0.0622 e. The molecule has 0 fully saturated rings. The summed E-state index contributed by atoms with van der Waals surface area (Å²) in [5, 5.41) is 2.58.